The lowest BCUT2D eigenvalue weighted by Gasteiger charge is -2.26. The van der Waals surface area contributed by atoms with Crippen molar-refractivity contribution < 1.29 is 23.4 Å². The highest BCUT2D eigenvalue weighted by molar-refractivity contribution is 5.88. The van der Waals surface area contributed by atoms with Gasteiger partial charge in [0.1, 0.15) is 23.0 Å². The summed E-state index contributed by atoms with van der Waals surface area (Å²) in [7, 11) is 0. The first-order valence-electron chi connectivity index (χ1n) is 13.3. The van der Waals surface area contributed by atoms with Crippen molar-refractivity contribution in [2.24, 2.45) is 0 Å². The molecule has 1 aliphatic rings. The van der Waals surface area contributed by atoms with Gasteiger partial charge >= 0.3 is 6.09 Å². The quantitative estimate of drug-likeness (QED) is 0.229. The van der Waals surface area contributed by atoms with E-state index in [0.717, 1.165) is 35.2 Å². The molecule has 7 nitrogen and oxygen atoms in total. The first-order chi connectivity index (χ1) is 19.0. The van der Waals surface area contributed by atoms with Crippen LogP contribution in [0.2, 0.25) is 0 Å². The predicted octanol–water partition coefficient (Wildman–Crippen LogP) is 7.34. The van der Waals surface area contributed by atoms with E-state index >= 15 is 0 Å². The number of carbonyl (C=O) groups is 1. The number of hydrogen-bond donors (Lipinski definition) is 1. The SMILES string of the molecule is Cc1cc2c(Oc3ccc(NC(=O)Oc4ccccc4)c(F)c3)ccnc2cc1OCCCN1CCCCC1. The minimum Gasteiger partial charge on any atom is -0.493 e. The summed E-state index contributed by atoms with van der Waals surface area (Å²) in [6.07, 6.45) is 5.77. The summed E-state index contributed by atoms with van der Waals surface area (Å²) in [4.78, 5) is 19.1. The highest BCUT2D eigenvalue weighted by Crippen LogP contribution is 2.34. The number of nitrogens with zero attached hydrogens (tertiary/aromatic N) is 2. The van der Waals surface area contributed by atoms with E-state index in [4.69, 9.17) is 14.2 Å². The fourth-order valence-corrected chi connectivity index (χ4v) is 4.67. The summed E-state index contributed by atoms with van der Waals surface area (Å²) in [5, 5.41) is 3.21. The van der Waals surface area contributed by atoms with Crippen molar-refractivity contribution in [3.63, 3.8) is 0 Å². The molecular formula is C31H32FN3O4. The van der Waals surface area contributed by atoms with Crippen LogP contribution < -0.4 is 19.5 Å². The maximum Gasteiger partial charge on any atom is 0.417 e. The number of amides is 1. The van der Waals surface area contributed by atoms with Gasteiger partial charge in [0.2, 0.25) is 0 Å². The summed E-state index contributed by atoms with van der Waals surface area (Å²) in [5.74, 6) is 1.35. The zero-order valence-corrected chi connectivity index (χ0v) is 22.0. The third kappa shape index (κ3) is 7.03. The topological polar surface area (TPSA) is 72.9 Å². The Balaban J connectivity index is 1.22. The van der Waals surface area contributed by atoms with E-state index in [2.05, 4.69) is 15.2 Å². The number of nitrogens with one attached hydrogen (secondary N) is 1. The summed E-state index contributed by atoms with van der Waals surface area (Å²) < 4.78 is 32.0. The normalized spacial score (nSPS) is 13.7. The first-order valence-corrected chi connectivity index (χ1v) is 13.3. The Morgan fingerprint density at radius 1 is 0.974 bits per heavy atom. The van der Waals surface area contributed by atoms with E-state index in [9.17, 15) is 9.18 Å². The average molecular weight is 530 g/mol. The minimum atomic E-state index is -0.783. The zero-order chi connectivity index (χ0) is 27.0. The van der Waals surface area contributed by atoms with Crippen molar-refractivity contribution in [2.45, 2.75) is 32.6 Å². The second-order valence-corrected chi connectivity index (χ2v) is 9.62. The molecule has 3 aromatic carbocycles. The second-order valence-electron chi connectivity index (χ2n) is 9.62. The van der Waals surface area contributed by atoms with Gasteiger partial charge in [-0.25, -0.2) is 9.18 Å². The lowest BCUT2D eigenvalue weighted by molar-refractivity contribution is 0.204. The Labute approximate surface area is 227 Å². The van der Waals surface area contributed by atoms with E-state index in [0.29, 0.717) is 18.1 Å². The number of likely N-dealkylation sites (tertiary alicyclic amines) is 1. The Hall–Kier alpha value is -4.17. The number of fused-ring (bicyclic) bond motifs is 1. The maximum atomic E-state index is 14.8. The molecule has 2 heterocycles. The van der Waals surface area contributed by atoms with Crippen LogP contribution in [0.4, 0.5) is 14.9 Å². The van der Waals surface area contributed by atoms with Crippen molar-refractivity contribution in [1.82, 2.24) is 9.88 Å². The summed E-state index contributed by atoms with van der Waals surface area (Å²) in [6, 6.07) is 18.4. The lowest BCUT2D eigenvalue weighted by Crippen LogP contribution is -2.31. The number of ether oxygens (including phenoxy) is 3. The van der Waals surface area contributed by atoms with Crippen LogP contribution in [0.3, 0.4) is 0 Å². The molecule has 0 aliphatic carbocycles. The summed E-state index contributed by atoms with van der Waals surface area (Å²) >= 11 is 0. The number of pyridine rings is 1. The van der Waals surface area contributed by atoms with E-state index in [-0.39, 0.29) is 11.4 Å². The number of rotatable bonds is 9. The molecule has 0 bridgehead atoms. The van der Waals surface area contributed by atoms with Gasteiger partial charge in [-0.3, -0.25) is 10.3 Å². The van der Waals surface area contributed by atoms with Gasteiger partial charge in [-0.05, 0) is 81.2 Å². The van der Waals surface area contributed by atoms with Crippen LogP contribution in [0.15, 0.2) is 72.9 Å². The van der Waals surface area contributed by atoms with Crippen LogP contribution in [0.25, 0.3) is 10.9 Å². The van der Waals surface area contributed by atoms with Gasteiger partial charge in [-0.15, -0.1) is 0 Å². The number of halogens is 1. The highest BCUT2D eigenvalue weighted by Gasteiger charge is 2.14. The highest BCUT2D eigenvalue weighted by atomic mass is 19.1. The molecule has 5 rings (SSSR count). The molecule has 1 fully saturated rings. The largest absolute Gasteiger partial charge is 0.493 e. The van der Waals surface area contributed by atoms with Crippen molar-refractivity contribution in [3.8, 4) is 23.0 Å². The second kappa shape index (κ2) is 12.6. The third-order valence-corrected chi connectivity index (χ3v) is 6.68. The van der Waals surface area contributed by atoms with Gasteiger partial charge in [-0.1, -0.05) is 24.6 Å². The number of hydrogen-bond acceptors (Lipinski definition) is 6. The molecule has 0 atom stereocenters. The molecule has 1 aromatic heterocycles. The Morgan fingerprint density at radius 3 is 2.59 bits per heavy atom. The number of para-hydroxylation sites is 1. The predicted molar refractivity (Wildman–Crippen MR) is 149 cm³/mol. The van der Waals surface area contributed by atoms with E-state index in [1.165, 1.54) is 44.5 Å². The third-order valence-electron chi connectivity index (χ3n) is 6.68. The molecular weight excluding hydrogens is 497 g/mol. The fraction of sp³-hybridized carbons (Fsp3) is 0.290. The van der Waals surface area contributed by atoms with Gasteiger partial charge in [0.25, 0.3) is 0 Å². The Morgan fingerprint density at radius 2 is 1.79 bits per heavy atom. The molecule has 8 heteroatoms. The molecule has 4 aromatic rings. The van der Waals surface area contributed by atoms with Crippen molar-refractivity contribution in [3.05, 3.63) is 84.3 Å². The molecule has 202 valence electrons. The molecule has 39 heavy (non-hydrogen) atoms. The number of aromatic nitrogens is 1. The number of carbonyl (C=O) groups excluding carboxylic acids is 1. The van der Waals surface area contributed by atoms with Crippen molar-refractivity contribution in [1.29, 1.82) is 0 Å². The van der Waals surface area contributed by atoms with Crippen LogP contribution in [0.1, 0.15) is 31.2 Å². The standard InChI is InChI=1S/C31H32FN3O4/c1-22-19-25-28(21-30(22)37-18-8-17-35-15-6-3-7-16-35)33-14-13-29(25)38-24-11-12-27(26(32)20-24)34-31(36)39-23-9-4-2-5-10-23/h2,4-5,9-14,19-21H,3,6-8,15-18H2,1H3,(H,34,36). The van der Waals surface area contributed by atoms with E-state index < -0.39 is 11.9 Å². The molecule has 0 radical (unpaired) electrons. The summed E-state index contributed by atoms with van der Waals surface area (Å²) in [6.45, 7) is 6.07. The molecule has 1 amide bonds. The lowest BCUT2D eigenvalue weighted by atomic mass is 10.1. The molecule has 0 spiro atoms. The number of piperidine rings is 1. The Bertz CT molecular complexity index is 1420. The molecule has 0 unspecified atom stereocenters. The van der Waals surface area contributed by atoms with Gasteiger partial charge in [-0.2, -0.15) is 0 Å². The number of anilines is 1. The first kappa shape index (κ1) is 26.4. The Kier molecular flexibility index (Phi) is 8.53. The van der Waals surface area contributed by atoms with Crippen LogP contribution in [-0.2, 0) is 0 Å². The maximum absolute atomic E-state index is 14.8. The molecule has 0 saturated carbocycles. The smallest absolute Gasteiger partial charge is 0.417 e. The molecule has 1 saturated heterocycles. The zero-order valence-electron chi connectivity index (χ0n) is 22.0. The number of aryl methyl sites for hydroxylation is 1. The van der Waals surface area contributed by atoms with E-state index in [1.807, 2.05) is 19.1 Å². The van der Waals surface area contributed by atoms with Gasteiger partial charge in [0, 0.05) is 30.3 Å². The minimum absolute atomic E-state index is 0.0132. The van der Waals surface area contributed by atoms with Gasteiger partial charge in [0.15, 0.2) is 5.82 Å². The number of benzene rings is 3. The van der Waals surface area contributed by atoms with Crippen LogP contribution >= 0.6 is 0 Å². The van der Waals surface area contributed by atoms with Crippen LogP contribution in [-0.4, -0.2) is 42.2 Å². The average Bonchev–Trinajstić information content (AvgIpc) is 2.94. The van der Waals surface area contributed by atoms with Crippen LogP contribution in [0, 0.1) is 12.7 Å². The summed E-state index contributed by atoms with van der Waals surface area (Å²) in [5.41, 5.74) is 1.69. The molecule has 1 N–H and O–H groups in total. The van der Waals surface area contributed by atoms with Crippen molar-refractivity contribution >= 4 is 22.7 Å². The van der Waals surface area contributed by atoms with E-state index in [1.54, 1.807) is 48.7 Å². The van der Waals surface area contributed by atoms with Gasteiger partial charge in [0.05, 0.1) is 17.8 Å². The monoisotopic (exact) mass is 529 g/mol. The van der Waals surface area contributed by atoms with Crippen LogP contribution in [0.5, 0.6) is 23.0 Å². The molecule has 1 aliphatic heterocycles. The fourth-order valence-electron chi connectivity index (χ4n) is 4.67. The van der Waals surface area contributed by atoms with Gasteiger partial charge < -0.3 is 19.1 Å². The van der Waals surface area contributed by atoms with Crippen molar-refractivity contribution in [2.75, 3.05) is 31.6 Å².